The van der Waals surface area contributed by atoms with Crippen LogP contribution in [0, 0.1) is 0 Å². The number of rotatable bonds is 0. The molecule has 0 spiro atoms. The van der Waals surface area contributed by atoms with E-state index in [0.29, 0.717) is 0 Å². The Hall–Kier alpha value is 0.648. The van der Waals surface area contributed by atoms with Crippen molar-refractivity contribution in [3.05, 3.63) is 0 Å². The number of aliphatic hydroxyl groups is 1. The minimum atomic E-state index is 0. The number of hydrogen-bond acceptors (Lipinski definition) is 1. The van der Waals surface area contributed by atoms with E-state index in [2.05, 4.69) is 0 Å². The number of aliphatic hydroxyl groups excluding tert-OH is 1. The van der Waals surface area contributed by atoms with E-state index in [9.17, 15) is 0 Å². The molecule has 0 aliphatic heterocycles. The van der Waals surface area contributed by atoms with Crippen LogP contribution in [0.25, 0.3) is 0 Å². The minimum Gasteiger partial charge on any atom is -0.397 e. The summed E-state index contributed by atoms with van der Waals surface area (Å²) in [7, 11) is 0. The van der Waals surface area contributed by atoms with Gasteiger partial charge in [-0.05, 0) is 6.92 Å². The molecule has 2 heteroatoms. The fourth-order valence-corrected chi connectivity index (χ4v) is 0. The first-order valence-electron chi connectivity index (χ1n) is 1.02. The first kappa shape index (κ1) is 8.82. The van der Waals surface area contributed by atoms with Gasteiger partial charge >= 0.3 is 21.1 Å². The van der Waals surface area contributed by atoms with Gasteiger partial charge in [-0.15, -0.1) is 0 Å². The van der Waals surface area contributed by atoms with Crippen LogP contribution in [0.5, 0.6) is 0 Å². The summed E-state index contributed by atoms with van der Waals surface area (Å²) in [5, 5.41) is 7.57. The molecule has 1 nitrogen and oxygen atoms in total. The summed E-state index contributed by atoms with van der Waals surface area (Å²) in [5.41, 5.74) is 0. The molecule has 0 heterocycles. The van der Waals surface area contributed by atoms with Gasteiger partial charge in [0.15, 0.2) is 0 Å². The second-order valence-electron chi connectivity index (χ2n) is 0.316. The normalized spacial score (nSPS) is 4.50. The quantitative estimate of drug-likeness (QED) is 0.632. The molecule has 0 atom stereocenters. The van der Waals surface area contributed by atoms with E-state index in [1.54, 1.807) is 6.92 Å². The second-order valence-corrected chi connectivity index (χ2v) is 0.316. The fourth-order valence-electron chi connectivity index (χ4n) is 0. The van der Waals surface area contributed by atoms with Crippen molar-refractivity contribution in [3.8, 4) is 0 Å². The molecular weight excluding hydrogens is 235 g/mol. The van der Waals surface area contributed by atoms with Crippen molar-refractivity contribution >= 4 is 0 Å². The summed E-state index contributed by atoms with van der Waals surface area (Å²) in [4.78, 5) is 0. The fraction of sp³-hybridized carbons (Fsp3) is 1.00. The van der Waals surface area contributed by atoms with Crippen LogP contribution in [-0.2, 0) is 21.1 Å². The molecule has 0 radical (unpaired) electrons. The van der Waals surface area contributed by atoms with E-state index in [-0.39, 0.29) is 27.7 Å². The van der Waals surface area contributed by atoms with Crippen molar-refractivity contribution < 1.29 is 26.2 Å². The summed E-state index contributed by atoms with van der Waals surface area (Å²) < 4.78 is 0. The van der Waals surface area contributed by atoms with Crippen LogP contribution in [0.15, 0.2) is 0 Å². The summed E-state index contributed by atoms with van der Waals surface area (Å²) >= 11 is 0. The standard InChI is InChI=1S/C2H6O.Pt/c1-2-3;/h3H,2H2,1H3;/q;+2. The Morgan fingerprint density at radius 2 is 1.75 bits per heavy atom. The topological polar surface area (TPSA) is 20.2 Å². The summed E-state index contributed by atoms with van der Waals surface area (Å²) in [6, 6.07) is 0. The zero-order chi connectivity index (χ0) is 2.71. The third-order valence-corrected chi connectivity index (χ3v) is 0. The van der Waals surface area contributed by atoms with Crippen LogP contribution in [-0.4, -0.2) is 11.7 Å². The van der Waals surface area contributed by atoms with Crippen LogP contribution in [0.1, 0.15) is 6.92 Å². The van der Waals surface area contributed by atoms with Crippen LogP contribution in [0.4, 0.5) is 0 Å². The zero-order valence-electron chi connectivity index (χ0n) is 2.47. The van der Waals surface area contributed by atoms with Gasteiger partial charge in [-0.25, -0.2) is 0 Å². The maximum Gasteiger partial charge on any atom is 2.00 e. The Kier molecular flexibility index (Phi) is 20.8. The van der Waals surface area contributed by atoms with Gasteiger partial charge in [0.2, 0.25) is 0 Å². The third kappa shape index (κ3) is 17.1. The van der Waals surface area contributed by atoms with E-state index in [1.165, 1.54) is 0 Å². The van der Waals surface area contributed by atoms with E-state index in [1.807, 2.05) is 0 Å². The Balaban J connectivity index is 0. The smallest absolute Gasteiger partial charge is 0.397 e. The molecular formula is C2H6OPt+2. The Bertz CT molecular complexity index is 6.00. The van der Waals surface area contributed by atoms with E-state index in [4.69, 9.17) is 5.11 Å². The molecule has 0 saturated heterocycles. The Morgan fingerprint density at radius 1 is 1.75 bits per heavy atom. The zero-order valence-corrected chi connectivity index (χ0v) is 4.74. The molecule has 0 fully saturated rings. The average molecular weight is 241 g/mol. The molecule has 4 heavy (non-hydrogen) atoms. The summed E-state index contributed by atoms with van der Waals surface area (Å²) in [6.07, 6.45) is 0. The van der Waals surface area contributed by atoms with Crippen molar-refractivity contribution in [3.63, 3.8) is 0 Å². The second kappa shape index (κ2) is 9.42. The molecule has 0 aromatic rings. The minimum absolute atomic E-state index is 0. The van der Waals surface area contributed by atoms with E-state index >= 15 is 0 Å². The summed E-state index contributed by atoms with van der Waals surface area (Å²) in [5.74, 6) is 0. The molecule has 0 bridgehead atoms. The van der Waals surface area contributed by atoms with Gasteiger partial charge in [0.1, 0.15) is 0 Å². The van der Waals surface area contributed by atoms with E-state index < -0.39 is 0 Å². The first-order chi connectivity index (χ1) is 1.41. The third-order valence-electron chi connectivity index (χ3n) is 0. The van der Waals surface area contributed by atoms with E-state index in [0.717, 1.165) is 0 Å². The van der Waals surface area contributed by atoms with Crippen molar-refractivity contribution in [2.24, 2.45) is 0 Å². The Labute approximate surface area is 40.3 Å². The van der Waals surface area contributed by atoms with Crippen LogP contribution >= 0.6 is 0 Å². The van der Waals surface area contributed by atoms with Gasteiger partial charge in [0, 0.05) is 6.61 Å². The first-order valence-corrected chi connectivity index (χ1v) is 1.02. The van der Waals surface area contributed by atoms with Gasteiger partial charge < -0.3 is 5.11 Å². The summed E-state index contributed by atoms with van der Waals surface area (Å²) in [6.45, 7) is 1.93. The average Bonchev–Trinajstić information content (AvgIpc) is 0.918. The van der Waals surface area contributed by atoms with Crippen molar-refractivity contribution in [1.29, 1.82) is 0 Å². The predicted octanol–water partition coefficient (Wildman–Crippen LogP) is -0.00390. The predicted molar refractivity (Wildman–Crippen MR) is 12.8 cm³/mol. The molecule has 0 amide bonds. The Morgan fingerprint density at radius 3 is 1.75 bits per heavy atom. The molecule has 0 aromatic carbocycles. The molecule has 28 valence electrons. The SMILES string of the molecule is CCO.[Pt+2]. The van der Waals surface area contributed by atoms with Gasteiger partial charge in [-0.3, -0.25) is 0 Å². The van der Waals surface area contributed by atoms with Crippen LogP contribution < -0.4 is 0 Å². The van der Waals surface area contributed by atoms with Gasteiger partial charge in [0.05, 0.1) is 0 Å². The molecule has 0 saturated carbocycles. The van der Waals surface area contributed by atoms with Crippen LogP contribution in [0.2, 0.25) is 0 Å². The maximum atomic E-state index is 7.57. The van der Waals surface area contributed by atoms with Crippen LogP contribution in [0.3, 0.4) is 0 Å². The molecule has 0 aliphatic rings. The molecule has 0 aliphatic carbocycles. The van der Waals surface area contributed by atoms with Crippen molar-refractivity contribution in [1.82, 2.24) is 0 Å². The molecule has 1 N–H and O–H groups in total. The van der Waals surface area contributed by atoms with Gasteiger partial charge in [-0.1, -0.05) is 0 Å². The van der Waals surface area contributed by atoms with Crippen molar-refractivity contribution in [2.75, 3.05) is 6.61 Å². The monoisotopic (exact) mass is 241 g/mol. The van der Waals surface area contributed by atoms with Gasteiger partial charge in [-0.2, -0.15) is 0 Å². The number of hydrogen-bond donors (Lipinski definition) is 1. The largest absolute Gasteiger partial charge is 2.00 e. The maximum absolute atomic E-state index is 7.57. The molecule has 0 aromatic heterocycles. The molecule has 0 rings (SSSR count). The van der Waals surface area contributed by atoms with Gasteiger partial charge in [0.25, 0.3) is 0 Å². The van der Waals surface area contributed by atoms with Crippen molar-refractivity contribution in [2.45, 2.75) is 6.92 Å². The molecule has 0 unspecified atom stereocenters.